The number of rotatable bonds is 8. The van der Waals surface area contributed by atoms with Crippen molar-refractivity contribution in [3.8, 4) is 0 Å². The lowest BCUT2D eigenvalue weighted by molar-refractivity contribution is 0.585. The predicted molar refractivity (Wildman–Crippen MR) is 110 cm³/mol. The monoisotopic (exact) mass is 468 g/mol. The lowest BCUT2D eigenvalue weighted by Gasteiger charge is -2.09. The Balaban J connectivity index is 1.53. The Kier molecular flexibility index (Phi) is 6.37. The van der Waals surface area contributed by atoms with Crippen LogP contribution in [0.2, 0.25) is 0 Å². The highest BCUT2D eigenvalue weighted by atomic mass is 79.9. The highest BCUT2D eigenvalue weighted by molar-refractivity contribution is 9.11. The van der Waals surface area contributed by atoms with Gasteiger partial charge in [-0.3, -0.25) is 0 Å². The Hall–Kier alpha value is -2.08. The van der Waals surface area contributed by atoms with E-state index in [9.17, 15) is 8.42 Å². The number of nitrogens with zero attached hydrogens (tertiary/aromatic N) is 3. The van der Waals surface area contributed by atoms with Crippen molar-refractivity contribution < 1.29 is 8.42 Å². The molecule has 8 nitrogen and oxygen atoms in total. The summed E-state index contributed by atoms with van der Waals surface area (Å²) in [6, 6.07) is 8.82. The molecule has 0 aromatic carbocycles. The van der Waals surface area contributed by atoms with E-state index in [0.29, 0.717) is 24.0 Å². The zero-order valence-electron chi connectivity index (χ0n) is 14.3. The molecule has 0 spiro atoms. The molecule has 0 amide bonds. The molecule has 3 heterocycles. The first-order valence-electron chi connectivity index (χ1n) is 7.93. The van der Waals surface area contributed by atoms with Crippen LogP contribution in [0.3, 0.4) is 0 Å². The molecule has 3 rings (SSSR count). The lowest BCUT2D eigenvalue weighted by atomic mass is 10.3. The molecule has 0 aliphatic heterocycles. The molecule has 0 radical (unpaired) electrons. The average Bonchev–Trinajstić information content (AvgIpc) is 3.07. The third-order valence-corrected chi connectivity index (χ3v) is 6.95. The minimum Gasteiger partial charge on any atom is -0.369 e. The second-order valence-corrected chi connectivity index (χ2v) is 9.97. The number of nitrogens with one attached hydrogen (secondary N) is 3. The highest BCUT2D eigenvalue weighted by Gasteiger charge is 2.15. The van der Waals surface area contributed by atoms with Crippen LogP contribution >= 0.6 is 27.3 Å². The van der Waals surface area contributed by atoms with Crippen LogP contribution in [0.4, 0.5) is 17.5 Å². The number of hydrogen-bond donors (Lipinski definition) is 3. The summed E-state index contributed by atoms with van der Waals surface area (Å²) in [6.45, 7) is 2.59. The molecule has 0 aliphatic rings. The number of anilines is 3. The van der Waals surface area contributed by atoms with Gasteiger partial charge in [-0.15, -0.1) is 11.3 Å². The van der Waals surface area contributed by atoms with Crippen molar-refractivity contribution in [3.63, 3.8) is 0 Å². The van der Waals surface area contributed by atoms with Gasteiger partial charge in [0.1, 0.15) is 28.0 Å². The van der Waals surface area contributed by atoms with Gasteiger partial charge in [-0.2, -0.15) is 0 Å². The molecular weight excluding hydrogens is 452 g/mol. The van der Waals surface area contributed by atoms with Crippen LogP contribution in [-0.4, -0.2) is 36.5 Å². The number of hydrogen-bond acceptors (Lipinski definition) is 8. The van der Waals surface area contributed by atoms with E-state index in [-0.39, 0.29) is 10.8 Å². The number of pyridine rings is 1. The van der Waals surface area contributed by atoms with E-state index in [1.807, 2.05) is 19.1 Å². The smallest absolute Gasteiger partial charge is 0.250 e. The van der Waals surface area contributed by atoms with Gasteiger partial charge in [-0.25, -0.2) is 28.1 Å². The molecule has 0 atom stereocenters. The normalized spacial score (nSPS) is 11.3. The summed E-state index contributed by atoms with van der Waals surface area (Å²) in [5.41, 5.74) is 1.09. The van der Waals surface area contributed by atoms with E-state index in [0.717, 1.165) is 20.7 Å². The maximum Gasteiger partial charge on any atom is 0.250 e. The Morgan fingerprint density at radius 3 is 2.56 bits per heavy atom. The SMILES string of the molecule is Cc1ccnc(Nc2cc(NCCNS(=O)(=O)c3ccc(Br)s3)ncn2)c1. The minimum atomic E-state index is -3.50. The van der Waals surface area contributed by atoms with E-state index in [1.54, 1.807) is 24.4 Å². The molecule has 27 heavy (non-hydrogen) atoms. The van der Waals surface area contributed by atoms with Crippen LogP contribution in [0.25, 0.3) is 0 Å². The predicted octanol–water partition coefficient (Wildman–Crippen LogP) is 3.14. The largest absolute Gasteiger partial charge is 0.369 e. The third kappa shape index (κ3) is 5.70. The fraction of sp³-hybridized carbons (Fsp3) is 0.188. The molecule has 0 unspecified atom stereocenters. The zero-order valence-corrected chi connectivity index (χ0v) is 17.5. The summed E-state index contributed by atoms with van der Waals surface area (Å²) in [6.07, 6.45) is 3.14. The van der Waals surface area contributed by atoms with Crippen molar-refractivity contribution in [2.24, 2.45) is 0 Å². The van der Waals surface area contributed by atoms with Crippen molar-refractivity contribution in [2.75, 3.05) is 23.7 Å². The molecule has 0 saturated heterocycles. The number of thiophene rings is 1. The minimum absolute atomic E-state index is 0.226. The van der Waals surface area contributed by atoms with E-state index >= 15 is 0 Å². The Labute approximate surface area is 169 Å². The average molecular weight is 469 g/mol. The van der Waals surface area contributed by atoms with Crippen LogP contribution in [0.1, 0.15) is 5.56 Å². The number of halogens is 1. The van der Waals surface area contributed by atoms with Gasteiger partial charge in [0.15, 0.2) is 0 Å². The van der Waals surface area contributed by atoms with Crippen molar-refractivity contribution >= 4 is 54.7 Å². The van der Waals surface area contributed by atoms with Crippen LogP contribution in [0.5, 0.6) is 0 Å². The number of aromatic nitrogens is 3. The molecule has 0 fully saturated rings. The molecule has 11 heteroatoms. The summed E-state index contributed by atoms with van der Waals surface area (Å²) in [5, 5.41) is 6.17. The Bertz CT molecular complexity index is 1030. The summed E-state index contributed by atoms with van der Waals surface area (Å²) in [7, 11) is -3.50. The zero-order chi connectivity index (χ0) is 19.3. The highest BCUT2D eigenvalue weighted by Crippen LogP contribution is 2.25. The van der Waals surface area contributed by atoms with Gasteiger partial charge in [0, 0.05) is 25.4 Å². The molecule has 3 N–H and O–H groups in total. The van der Waals surface area contributed by atoms with Crippen molar-refractivity contribution in [1.82, 2.24) is 19.7 Å². The molecule has 0 saturated carbocycles. The first-order chi connectivity index (χ1) is 12.9. The van der Waals surface area contributed by atoms with Gasteiger partial charge in [-0.1, -0.05) is 0 Å². The van der Waals surface area contributed by atoms with Gasteiger partial charge in [0.05, 0.1) is 3.79 Å². The quantitative estimate of drug-likeness (QED) is 0.435. The van der Waals surface area contributed by atoms with Crippen LogP contribution in [0, 0.1) is 6.92 Å². The Morgan fingerprint density at radius 1 is 1.04 bits per heavy atom. The summed E-state index contributed by atoms with van der Waals surface area (Å²) in [4.78, 5) is 12.5. The molecule has 0 aliphatic carbocycles. The first kappa shape index (κ1) is 19.7. The van der Waals surface area contributed by atoms with Gasteiger partial charge in [0.2, 0.25) is 10.0 Å². The molecule has 3 aromatic heterocycles. The second kappa shape index (κ2) is 8.74. The van der Waals surface area contributed by atoms with E-state index < -0.39 is 10.0 Å². The molecule has 0 bridgehead atoms. The standard InChI is InChI=1S/C16H17BrN6O2S2/c1-11-4-5-18-14(8-11)23-15-9-13(20-10-21-15)19-6-7-22-27(24,25)16-3-2-12(17)26-16/h2-5,8-10,22H,6-7H2,1H3,(H2,18,19,20,21,23). The van der Waals surface area contributed by atoms with Crippen molar-refractivity contribution in [2.45, 2.75) is 11.1 Å². The van der Waals surface area contributed by atoms with E-state index in [1.165, 1.54) is 6.33 Å². The maximum atomic E-state index is 12.1. The van der Waals surface area contributed by atoms with Crippen molar-refractivity contribution in [1.29, 1.82) is 0 Å². The van der Waals surface area contributed by atoms with E-state index in [2.05, 4.69) is 46.2 Å². The summed E-state index contributed by atoms with van der Waals surface area (Å²) in [5.74, 6) is 1.86. The second-order valence-electron chi connectivity index (χ2n) is 5.52. The van der Waals surface area contributed by atoms with E-state index in [4.69, 9.17) is 0 Å². The summed E-state index contributed by atoms with van der Waals surface area (Å²) < 4.78 is 27.9. The van der Waals surface area contributed by atoms with Gasteiger partial charge in [-0.05, 0) is 52.7 Å². The number of aryl methyl sites for hydroxylation is 1. The van der Waals surface area contributed by atoms with Gasteiger partial charge >= 0.3 is 0 Å². The van der Waals surface area contributed by atoms with Gasteiger partial charge < -0.3 is 10.6 Å². The number of sulfonamides is 1. The van der Waals surface area contributed by atoms with Crippen LogP contribution in [-0.2, 0) is 10.0 Å². The molecule has 3 aromatic rings. The summed E-state index contributed by atoms with van der Waals surface area (Å²) >= 11 is 4.42. The van der Waals surface area contributed by atoms with Crippen LogP contribution < -0.4 is 15.4 Å². The van der Waals surface area contributed by atoms with Crippen LogP contribution in [0.15, 0.2) is 50.9 Å². The third-order valence-electron chi connectivity index (χ3n) is 3.38. The lowest BCUT2D eigenvalue weighted by Crippen LogP contribution is -2.28. The fourth-order valence-corrected chi connectivity index (χ4v) is 5.23. The molecular formula is C16H17BrN6O2S2. The topological polar surface area (TPSA) is 109 Å². The van der Waals surface area contributed by atoms with Crippen molar-refractivity contribution in [3.05, 3.63) is 52.2 Å². The van der Waals surface area contributed by atoms with Gasteiger partial charge in [0.25, 0.3) is 0 Å². The Morgan fingerprint density at radius 2 is 1.81 bits per heavy atom. The maximum absolute atomic E-state index is 12.1. The first-order valence-corrected chi connectivity index (χ1v) is 11.0. The fourth-order valence-electron chi connectivity index (χ4n) is 2.15. The molecule has 142 valence electrons.